The molecule has 0 saturated carbocycles. The maximum Gasteiger partial charge on any atom is 0.133 e. The average molecular weight is 322 g/mol. The minimum Gasteiger partial charge on any atom is -0.496 e. The van der Waals surface area contributed by atoms with Crippen molar-refractivity contribution >= 4 is 23.4 Å². The van der Waals surface area contributed by atoms with Gasteiger partial charge in [-0.05, 0) is 30.3 Å². The fourth-order valence-electron chi connectivity index (χ4n) is 2.38. The molecule has 0 radical (unpaired) electrons. The van der Waals surface area contributed by atoms with E-state index in [0.717, 1.165) is 27.7 Å². The van der Waals surface area contributed by atoms with Crippen molar-refractivity contribution in [2.45, 2.75) is 17.0 Å². The maximum absolute atomic E-state index is 6.40. The molecule has 110 valence electrons. The highest BCUT2D eigenvalue weighted by Crippen LogP contribution is 2.39. The first-order valence-electron chi connectivity index (χ1n) is 6.66. The SMILES string of the molecule is COc1ccc(Cl)cc1C(N)C1CSc2ccccc2O1. The zero-order chi connectivity index (χ0) is 14.8. The minimum absolute atomic E-state index is 0.114. The molecule has 3 nitrogen and oxygen atoms in total. The Hall–Kier alpha value is -1.36. The van der Waals surface area contributed by atoms with Gasteiger partial charge in [0.05, 0.1) is 13.2 Å². The number of para-hydroxylation sites is 1. The second-order valence-corrected chi connectivity index (χ2v) is 6.32. The first-order chi connectivity index (χ1) is 10.2. The van der Waals surface area contributed by atoms with Crippen molar-refractivity contribution in [2.75, 3.05) is 12.9 Å². The molecule has 3 rings (SSSR count). The van der Waals surface area contributed by atoms with Gasteiger partial charge in [0.15, 0.2) is 0 Å². The summed E-state index contributed by atoms with van der Waals surface area (Å²) >= 11 is 7.84. The number of halogens is 1. The van der Waals surface area contributed by atoms with Gasteiger partial charge in [0, 0.05) is 21.2 Å². The normalized spacial score (nSPS) is 18.5. The second kappa shape index (κ2) is 6.18. The predicted molar refractivity (Wildman–Crippen MR) is 86.5 cm³/mol. The molecule has 2 atom stereocenters. The van der Waals surface area contributed by atoms with E-state index in [1.165, 1.54) is 0 Å². The molecule has 2 unspecified atom stereocenters. The third kappa shape index (κ3) is 2.98. The van der Waals surface area contributed by atoms with Crippen molar-refractivity contribution in [3.8, 4) is 11.5 Å². The number of fused-ring (bicyclic) bond motifs is 1. The molecule has 0 amide bonds. The van der Waals surface area contributed by atoms with Crippen LogP contribution in [0.5, 0.6) is 11.5 Å². The number of benzene rings is 2. The van der Waals surface area contributed by atoms with Crippen molar-refractivity contribution < 1.29 is 9.47 Å². The number of hydrogen-bond acceptors (Lipinski definition) is 4. The van der Waals surface area contributed by atoms with Gasteiger partial charge < -0.3 is 15.2 Å². The van der Waals surface area contributed by atoms with Gasteiger partial charge in [-0.1, -0.05) is 23.7 Å². The number of ether oxygens (including phenoxy) is 2. The lowest BCUT2D eigenvalue weighted by atomic mass is 10.0. The number of methoxy groups -OCH3 is 1. The molecule has 0 aliphatic carbocycles. The second-order valence-electron chi connectivity index (χ2n) is 4.83. The molecular weight excluding hydrogens is 306 g/mol. The highest BCUT2D eigenvalue weighted by molar-refractivity contribution is 7.99. The van der Waals surface area contributed by atoms with Crippen LogP contribution in [0.4, 0.5) is 0 Å². The molecule has 21 heavy (non-hydrogen) atoms. The van der Waals surface area contributed by atoms with Gasteiger partial charge >= 0.3 is 0 Å². The molecule has 1 aliphatic heterocycles. The van der Waals surface area contributed by atoms with Gasteiger partial charge in [-0.25, -0.2) is 0 Å². The van der Waals surface area contributed by atoms with Crippen LogP contribution in [0.3, 0.4) is 0 Å². The molecule has 1 heterocycles. The topological polar surface area (TPSA) is 44.5 Å². The van der Waals surface area contributed by atoms with Gasteiger partial charge in [-0.15, -0.1) is 11.8 Å². The third-order valence-corrected chi connectivity index (χ3v) is 4.86. The van der Waals surface area contributed by atoms with E-state index in [0.29, 0.717) is 5.02 Å². The smallest absolute Gasteiger partial charge is 0.133 e. The third-order valence-electron chi connectivity index (χ3n) is 3.48. The van der Waals surface area contributed by atoms with Crippen LogP contribution in [-0.2, 0) is 0 Å². The Morgan fingerprint density at radius 3 is 2.95 bits per heavy atom. The number of hydrogen-bond donors (Lipinski definition) is 1. The fraction of sp³-hybridized carbons (Fsp3) is 0.250. The Morgan fingerprint density at radius 2 is 2.14 bits per heavy atom. The molecule has 0 spiro atoms. The average Bonchev–Trinajstić information content (AvgIpc) is 2.53. The van der Waals surface area contributed by atoms with Crippen LogP contribution in [0, 0.1) is 0 Å². The molecule has 1 aliphatic rings. The quantitative estimate of drug-likeness (QED) is 0.931. The summed E-state index contributed by atoms with van der Waals surface area (Å²) in [6, 6.07) is 13.2. The first kappa shape index (κ1) is 14.6. The lowest BCUT2D eigenvalue weighted by Crippen LogP contribution is -2.35. The molecule has 5 heteroatoms. The zero-order valence-electron chi connectivity index (χ0n) is 11.6. The van der Waals surface area contributed by atoms with E-state index in [-0.39, 0.29) is 12.1 Å². The molecule has 0 bridgehead atoms. The van der Waals surface area contributed by atoms with Crippen LogP contribution < -0.4 is 15.2 Å². The van der Waals surface area contributed by atoms with Crippen LogP contribution in [0.15, 0.2) is 47.4 Å². The summed E-state index contributed by atoms with van der Waals surface area (Å²) in [4.78, 5) is 1.15. The van der Waals surface area contributed by atoms with E-state index in [1.807, 2.05) is 30.3 Å². The maximum atomic E-state index is 6.40. The van der Waals surface area contributed by atoms with Gasteiger partial charge in [0.2, 0.25) is 0 Å². The Kier molecular flexibility index (Phi) is 4.29. The summed E-state index contributed by atoms with van der Waals surface area (Å²) in [6.07, 6.45) is -0.114. The molecule has 0 saturated heterocycles. The molecular formula is C16H16ClNO2S. The summed E-state index contributed by atoms with van der Waals surface area (Å²) < 4.78 is 11.4. The molecule has 2 aromatic rings. The van der Waals surface area contributed by atoms with Crippen LogP contribution in [0.25, 0.3) is 0 Å². The van der Waals surface area contributed by atoms with Gasteiger partial charge in [-0.2, -0.15) is 0 Å². The molecule has 2 N–H and O–H groups in total. The highest BCUT2D eigenvalue weighted by atomic mass is 35.5. The van der Waals surface area contributed by atoms with Crippen molar-refractivity contribution in [1.29, 1.82) is 0 Å². The number of rotatable bonds is 3. The van der Waals surface area contributed by atoms with Crippen molar-refractivity contribution in [3.05, 3.63) is 53.1 Å². The van der Waals surface area contributed by atoms with Gasteiger partial charge in [0.25, 0.3) is 0 Å². The van der Waals surface area contributed by atoms with E-state index in [2.05, 4.69) is 6.07 Å². The molecule has 2 aromatic carbocycles. The lowest BCUT2D eigenvalue weighted by molar-refractivity contribution is 0.184. The number of nitrogens with two attached hydrogens (primary N) is 1. The summed E-state index contributed by atoms with van der Waals surface area (Å²) in [5.41, 5.74) is 7.27. The predicted octanol–water partition coefficient (Wildman–Crippen LogP) is 3.90. The Labute approximate surface area is 133 Å². The first-order valence-corrected chi connectivity index (χ1v) is 8.03. The van der Waals surface area contributed by atoms with E-state index in [1.54, 1.807) is 24.9 Å². The van der Waals surface area contributed by atoms with E-state index in [9.17, 15) is 0 Å². The van der Waals surface area contributed by atoms with Crippen LogP contribution in [-0.4, -0.2) is 19.0 Å². The Bertz CT molecular complexity index is 650. The standard InChI is InChI=1S/C16H16ClNO2S/c1-19-12-7-6-10(17)8-11(12)16(18)14-9-21-15-5-3-2-4-13(15)20-14/h2-8,14,16H,9,18H2,1H3. The Morgan fingerprint density at radius 1 is 1.33 bits per heavy atom. The van der Waals surface area contributed by atoms with E-state index < -0.39 is 0 Å². The minimum atomic E-state index is -0.292. The monoisotopic (exact) mass is 321 g/mol. The van der Waals surface area contributed by atoms with Crippen molar-refractivity contribution in [3.63, 3.8) is 0 Å². The number of thioether (sulfide) groups is 1. The largest absolute Gasteiger partial charge is 0.496 e. The summed E-state index contributed by atoms with van der Waals surface area (Å²) in [7, 11) is 1.63. The lowest BCUT2D eigenvalue weighted by Gasteiger charge is -2.30. The van der Waals surface area contributed by atoms with E-state index >= 15 is 0 Å². The van der Waals surface area contributed by atoms with Crippen LogP contribution in [0.1, 0.15) is 11.6 Å². The molecule has 0 fully saturated rings. The summed E-state index contributed by atoms with van der Waals surface area (Å²) in [6.45, 7) is 0. The zero-order valence-corrected chi connectivity index (χ0v) is 13.2. The Balaban J connectivity index is 1.87. The van der Waals surface area contributed by atoms with Gasteiger partial charge in [0.1, 0.15) is 17.6 Å². The van der Waals surface area contributed by atoms with Gasteiger partial charge in [-0.3, -0.25) is 0 Å². The highest BCUT2D eigenvalue weighted by Gasteiger charge is 2.28. The van der Waals surface area contributed by atoms with Crippen LogP contribution in [0.2, 0.25) is 5.02 Å². The molecule has 0 aromatic heterocycles. The summed E-state index contributed by atoms with van der Waals surface area (Å²) in [5, 5.41) is 0.644. The fourth-order valence-corrected chi connectivity index (χ4v) is 3.61. The van der Waals surface area contributed by atoms with Crippen LogP contribution >= 0.6 is 23.4 Å². The summed E-state index contributed by atoms with van der Waals surface area (Å²) in [5.74, 6) is 2.42. The van der Waals surface area contributed by atoms with E-state index in [4.69, 9.17) is 26.8 Å². The van der Waals surface area contributed by atoms with Crippen molar-refractivity contribution in [1.82, 2.24) is 0 Å². The van der Waals surface area contributed by atoms with Crippen molar-refractivity contribution in [2.24, 2.45) is 5.73 Å².